The third kappa shape index (κ3) is 5.50. The van der Waals surface area contributed by atoms with Gasteiger partial charge in [-0.2, -0.15) is 0 Å². The summed E-state index contributed by atoms with van der Waals surface area (Å²) in [5.74, 6) is -0.413. The van der Waals surface area contributed by atoms with Crippen LogP contribution in [0.5, 0.6) is 0 Å². The Morgan fingerprint density at radius 2 is 1.78 bits per heavy atom. The van der Waals surface area contributed by atoms with Crippen LogP contribution in [0.2, 0.25) is 18.1 Å². The van der Waals surface area contributed by atoms with Crippen molar-refractivity contribution in [3.05, 3.63) is 0 Å². The largest absolute Gasteiger partial charge is 0.463 e. The van der Waals surface area contributed by atoms with Gasteiger partial charge in [0.15, 0.2) is 8.32 Å². The highest BCUT2D eigenvalue weighted by molar-refractivity contribution is 6.74. The minimum atomic E-state index is -1.94. The average Bonchev–Trinajstić information content (AvgIpc) is 2.21. The number of aliphatic hydroxyl groups excluding tert-OH is 1. The summed E-state index contributed by atoms with van der Waals surface area (Å²) < 4.78 is 11.1. The number of rotatable bonds is 6. The number of esters is 1. The third-order valence-electron chi connectivity index (χ3n) is 3.35. The van der Waals surface area contributed by atoms with Crippen LogP contribution < -0.4 is 0 Å². The molecule has 1 atom stereocenters. The lowest BCUT2D eigenvalue weighted by Gasteiger charge is -2.38. The average molecular weight is 276 g/mol. The smallest absolute Gasteiger partial charge is 0.308 e. The van der Waals surface area contributed by atoms with E-state index in [9.17, 15) is 9.90 Å². The fraction of sp³-hybridized carbons (Fsp3) is 0.923. The zero-order valence-electron chi connectivity index (χ0n) is 12.7. The van der Waals surface area contributed by atoms with Gasteiger partial charge in [0.05, 0.1) is 12.5 Å². The molecule has 108 valence electrons. The van der Waals surface area contributed by atoms with Crippen molar-refractivity contribution in [1.82, 2.24) is 0 Å². The van der Waals surface area contributed by atoms with Crippen molar-refractivity contribution < 1.29 is 19.1 Å². The van der Waals surface area contributed by atoms with Crippen LogP contribution >= 0.6 is 0 Å². The molecular formula is C13H28O4Si. The van der Waals surface area contributed by atoms with Gasteiger partial charge in [0, 0.05) is 0 Å². The Hall–Kier alpha value is -0.393. The van der Waals surface area contributed by atoms with Crippen LogP contribution in [0, 0.1) is 5.92 Å². The van der Waals surface area contributed by atoms with E-state index < -0.39 is 14.4 Å². The molecule has 0 aliphatic carbocycles. The molecule has 0 aromatic carbocycles. The number of hydrogen-bond donors (Lipinski definition) is 1. The maximum Gasteiger partial charge on any atom is 0.308 e. The first-order chi connectivity index (χ1) is 8.01. The van der Waals surface area contributed by atoms with Crippen molar-refractivity contribution in [2.24, 2.45) is 5.92 Å². The minimum Gasteiger partial charge on any atom is -0.463 e. The van der Waals surface area contributed by atoms with Crippen LogP contribution in [0.4, 0.5) is 0 Å². The molecule has 0 rings (SSSR count). The molecule has 5 heteroatoms. The highest BCUT2D eigenvalue weighted by atomic mass is 28.4. The Morgan fingerprint density at radius 3 is 2.11 bits per heavy atom. The van der Waals surface area contributed by atoms with E-state index in [0.717, 1.165) is 0 Å². The van der Waals surface area contributed by atoms with Gasteiger partial charge in [-0.15, -0.1) is 0 Å². The standard InChI is InChI=1S/C13H28O4Si/c1-10(2)12(15)16-9-11(8-14)17-18(6,7)13(3,4)5/h10-11,14H,8-9H2,1-7H3/t11-/m1/s1. The minimum absolute atomic E-state index is 0.0719. The summed E-state index contributed by atoms with van der Waals surface area (Å²) in [4.78, 5) is 11.4. The van der Waals surface area contributed by atoms with E-state index in [0.29, 0.717) is 0 Å². The quantitative estimate of drug-likeness (QED) is 0.598. The van der Waals surface area contributed by atoms with Gasteiger partial charge in [-0.1, -0.05) is 34.6 Å². The molecule has 1 N–H and O–H groups in total. The summed E-state index contributed by atoms with van der Waals surface area (Å²) in [6.45, 7) is 14.2. The monoisotopic (exact) mass is 276 g/mol. The van der Waals surface area contributed by atoms with E-state index in [1.807, 2.05) is 0 Å². The molecule has 4 nitrogen and oxygen atoms in total. The van der Waals surface area contributed by atoms with Crippen molar-refractivity contribution in [1.29, 1.82) is 0 Å². The van der Waals surface area contributed by atoms with Gasteiger partial charge in [0.25, 0.3) is 0 Å². The van der Waals surface area contributed by atoms with Crippen LogP contribution in [-0.2, 0) is 14.0 Å². The summed E-state index contributed by atoms with van der Waals surface area (Å²) in [5, 5.41) is 9.38. The van der Waals surface area contributed by atoms with Crippen LogP contribution in [0.3, 0.4) is 0 Å². The number of carbonyl (C=O) groups is 1. The topological polar surface area (TPSA) is 55.8 Å². The van der Waals surface area contributed by atoms with Gasteiger partial charge in [-0.05, 0) is 18.1 Å². The van der Waals surface area contributed by atoms with Crippen molar-refractivity contribution in [2.75, 3.05) is 13.2 Å². The normalized spacial score (nSPS) is 14.7. The van der Waals surface area contributed by atoms with E-state index in [2.05, 4.69) is 33.9 Å². The fourth-order valence-electron chi connectivity index (χ4n) is 1.06. The zero-order valence-corrected chi connectivity index (χ0v) is 13.7. The Kier molecular flexibility index (Phi) is 6.53. The second-order valence-corrected chi connectivity index (χ2v) is 11.2. The lowest BCUT2D eigenvalue weighted by molar-refractivity contribution is -0.150. The molecule has 0 aromatic rings. The number of hydrogen-bond acceptors (Lipinski definition) is 4. The maximum absolute atomic E-state index is 11.4. The predicted octanol–water partition coefficient (Wildman–Crippen LogP) is 2.57. The van der Waals surface area contributed by atoms with Crippen molar-refractivity contribution in [3.63, 3.8) is 0 Å². The molecule has 0 saturated carbocycles. The molecule has 0 heterocycles. The second kappa shape index (κ2) is 6.68. The van der Waals surface area contributed by atoms with Crippen LogP contribution in [0.15, 0.2) is 0 Å². The van der Waals surface area contributed by atoms with Crippen molar-refractivity contribution in [3.8, 4) is 0 Å². The molecular weight excluding hydrogens is 248 g/mol. The number of aliphatic hydroxyl groups is 1. The molecule has 0 fully saturated rings. The van der Waals surface area contributed by atoms with Crippen LogP contribution in [-0.4, -0.2) is 38.7 Å². The molecule has 0 saturated heterocycles. The molecule has 0 spiro atoms. The molecule has 0 aromatic heterocycles. The Labute approximate surface area is 112 Å². The Bertz CT molecular complexity index is 269. The summed E-state index contributed by atoms with van der Waals surface area (Å²) in [6, 6.07) is 0. The van der Waals surface area contributed by atoms with E-state index in [4.69, 9.17) is 9.16 Å². The van der Waals surface area contributed by atoms with Gasteiger partial charge in [0.2, 0.25) is 0 Å². The number of ether oxygens (including phenoxy) is 1. The molecule has 0 aliphatic heterocycles. The predicted molar refractivity (Wildman–Crippen MR) is 75.0 cm³/mol. The molecule has 0 radical (unpaired) electrons. The molecule has 0 bridgehead atoms. The van der Waals surface area contributed by atoms with Crippen LogP contribution in [0.25, 0.3) is 0 Å². The molecule has 0 aliphatic rings. The highest BCUT2D eigenvalue weighted by Gasteiger charge is 2.39. The summed E-state index contributed by atoms with van der Waals surface area (Å²) >= 11 is 0. The summed E-state index contributed by atoms with van der Waals surface area (Å²) in [7, 11) is -1.94. The molecule has 0 unspecified atom stereocenters. The van der Waals surface area contributed by atoms with E-state index in [-0.39, 0.29) is 30.1 Å². The fourth-order valence-corrected chi connectivity index (χ4v) is 2.39. The van der Waals surface area contributed by atoms with Gasteiger partial charge < -0.3 is 14.3 Å². The van der Waals surface area contributed by atoms with Crippen LogP contribution in [0.1, 0.15) is 34.6 Å². The number of carbonyl (C=O) groups excluding carboxylic acids is 1. The molecule has 0 amide bonds. The van der Waals surface area contributed by atoms with Gasteiger partial charge in [-0.3, -0.25) is 4.79 Å². The Balaban J connectivity index is 4.41. The first kappa shape index (κ1) is 17.6. The van der Waals surface area contributed by atoms with E-state index >= 15 is 0 Å². The lowest BCUT2D eigenvalue weighted by Crippen LogP contribution is -2.46. The first-order valence-electron chi connectivity index (χ1n) is 6.46. The van der Waals surface area contributed by atoms with E-state index in [1.165, 1.54) is 0 Å². The van der Waals surface area contributed by atoms with Gasteiger partial charge >= 0.3 is 5.97 Å². The molecule has 18 heavy (non-hydrogen) atoms. The maximum atomic E-state index is 11.4. The summed E-state index contributed by atoms with van der Waals surface area (Å²) in [6.07, 6.45) is -0.423. The zero-order chi connectivity index (χ0) is 14.6. The van der Waals surface area contributed by atoms with Crippen molar-refractivity contribution in [2.45, 2.75) is 58.9 Å². The lowest BCUT2D eigenvalue weighted by atomic mass is 10.2. The Morgan fingerprint density at radius 1 is 1.28 bits per heavy atom. The van der Waals surface area contributed by atoms with Crippen molar-refractivity contribution >= 4 is 14.3 Å². The second-order valence-electron chi connectivity index (χ2n) is 6.47. The van der Waals surface area contributed by atoms with E-state index in [1.54, 1.807) is 13.8 Å². The SMILES string of the molecule is CC(C)C(=O)OC[C@@H](CO)O[Si](C)(C)C(C)(C)C. The highest BCUT2D eigenvalue weighted by Crippen LogP contribution is 2.37. The summed E-state index contributed by atoms with van der Waals surface area (Å²) in [5.41, 5.74) is 0. The van der Waals surface area contributed by atoms with Gasteiger partial charge in [-0.25, -0.2) is 0 Å². The third-order valence-corrected chi connectivity index (χ3v) is 7.89. The first-order valence-corrected chi connectivity index (χ1v) is 9.37. The van der Waals surface area contributed by atoms with Gasteiger partial charge in [0.1, 0.15) is 12.7 Å².